The smallest absolute Gasteiger partial charge is 0.323 e. The molecule has 2 aliphatic heterocycles. The summed E-state index contributed by atoms with van der Waals surface area (Å²) in [4.78, 5) is 35.7. The number of urea groups is 1. The van der Waals surface area contributed by atoms with Crippen LogP contribution in [0, 0.1) is 12.8 Å². The highest BCUT2D eigenvalue weighted by Crippen LogP contribution is 2.37. The maximum Gasteiger partial charge on any atom is 0.325 e. The van der Waals surface area contributed by atoms with Crippen molar-refractivity contribution in [1.29, 1.82) is 0 Å². The Hall–Kier alpha value is -2.77. The van der Waals surface area contributed by atoms with Crippen molar-refractivity contribution in [3.05, 3.63) is 64.1 Å². The van der Waals surface area contributed by atoms with Gasteiger partial charge in [-0.25, -0.2) is 9.78 Å². The van der Waals surface area contributed by atoms with Gasteiger partial charge in [-0.05, 0) is 61.5 Å². The van der Waals surface area contributed by atoms with Gasteiger partial charge in [0, 0.05) is 24.4 Å². The number of rotatable bonds is 7. The zero-order valence-corrected chi connectivity index (χ0v) is 20.7. The van der Waals surface area contributed by atoms with Gasteiger partial charge in [0.25, 0.3) is 5.91 Å². The molecule has 3 heterocycles. The molecule has 2 aliphatic rings. The molecule has 2 aromatic carbocycles. The summed E-state index contributed by atoms with van der Waals surface area (Å²) in [5, 5.41) is 5.71. The second kappa shape index (κ2) is 9.47. The highest BCUT2D eigenvalue weighted by atomic mass is 32.1. The number of thiazole rings is 1. The van der Waals surface area contributed by atoms with Crippen molar-refractivity contribution >= 4 is 34.0 Å². The molecule has 0 spiro atoms. The number of imide groups is 1. The van der Waals surface area contributed by atoms with Crippen LogP contribution >= 0.6 is 11.3 Å². The van der Waals surface area contributed by atoms with Crippen LogP contribution in [-0.4, -0.2) is 51.9 Å². The lowest BCUT2D eigenvalue weighted by Gasteiger charge is -2.40. The van der Waals surface area contributed by atoms with Gasteiger partial charge in [-0.3, -0.25) is 14.6 Å². The van der Waals surface area contributed by atoms with Crippen molar-refractivity contribution in [3.63, 3.8) is 0 Å². The Morgan fingerprint density at radius 1 is 1.12 bits per heavy atom. The Balaban J connectivity index is 1.24. The quantitative estimate of drug-likeness (QED) is 0.500. The molecule has 6 nitrogen and oxygen atoms in total. The van der Waals surface area contributed by atoms with E-state index in [1.54, 1.807) is 11.3 Å². The molecule has 0 unspecified atom stereocenters. The Morgan fingerprint density at radius 2 is 1.88 bits per heavy atom. The molecule has 3 amide bonds. The van der Waals surface area contributed by atoms with E-state index in [-0.39, 0.29) is 17.9 Å². The molecule has 2 fully saturated rings. The third kappa shape index (κ3) is 4.12. The number of hydrogen-bond donors (Lipinski definition) is 1. The molecule has 0 radical (unpaired) electrons. The van der Waals surface area contributed by atoms with Crippen LogP contribution in [0.1, 0.15) is 42.3 Å². The van der Waals surface area contributed by atoms with Crippen LogP contribution in [0.15, 0.2) is 48.0 Å². The Kier molecular flexibility index (Phi) is 6.40. The lowest BCUT2D eigenvalue weighted by atomic mass is 9.75. The molecular weight excluding hydrogens is 444 g/mol. The minimum absolute atomic E-state index is 0.0466. The summed E-state index contributed by atoms with van der Waals surface area (Å²) in [5.41, 5.74) is 3.37. The van der Waals surface area contributed by atoms with Crippen LogP contribution in [0.5, 0.6) is 0 Å². The van der Waals surface area contributed by atoms with Gasteiger partial charge in [-0.2, -0.15) is 0 Å². The summed E-state index contributed by atoms with van der Waals surface area (Å²) < 4.78 is 0. The molecule has 0 bridgehead atoms. The molecule has 5 rings (SSSR count). The molecular formula is C27H32N4O2S. The average Bonchev–Trinajstić information content (AvgIpc) is 3.38. The number of amides is 3. The summed E-state index contributed by atoms with van der Waals surface area (Å²) in [6, 6.07) is 14.8. The Bertz CT molecular complexity index is 1190. The summed E-state index contributed by atoms with van der Waals surface area (Å²) >= 11 is 1.58. The molecule has 0 aliphatic carbocycles. The van der Waals surface area contributed by atoms with Crippen molar-refractivity contribution in [2.24, 2.45) is 5.92 Å². The van der Waals surface area contributed by atoms with Crippen LogP contribution in [-0.2, 0) is 17.8 Å². The van der Waals surface area contributed by atoms with Crippen LogP contribution in [0.3, 0.4) is 0 Å². The molecule has 1 atom stereocenters. The number of piperidine rings is 1. The predicted octanol–water partition coefficient (Wildman–Crippen LogP) is 4.76. The first-order chi connectivity index (χ1) is 16.5. The molecule has 1 aromatic heterocycles. The lowest BCUT2D eigenvalue weighted by molar-refractivity contribution is -0.134. The van der Waals surface area contributed by atoms with Crippen LogP contribution in [0.2, 0.25) is 0 Å². The number of hydrogen-bond acceptors (Lipinski definition) is 5. The van der Waals surface area contributed by atoms with Gasteiger partial charge >= 0.3 is 6.03 Å². The number of nitrogens with one attached hydrogen (secondary N) is 1. The molecule has 3 aromatic rings. The van der Waals surface area contributed by atoms with Crippen LogP contribution < -0.4 is 5.32 Å². The number of carbonyl (C=O) groups is 2. The van der Waals surface area contributed by atoms with Crippen LogP contribution in [0.4, 0.5) is 4.79 Å². The van der Waals surface area contributed by atoms with E-state index >= 15 is 0 Å². The predicted molar refractivity (Wildman–Crippen MR) is 136 cm³/mol. The lowest BCUT2D eigenvalue weighted by Crippen LogP contribution is -2.55. The topological polar surface area (TPSA) is 65.5 Å². The van der Waals surface area contributed by atoms with Crippen molar-refractivity contribution in [2.45, 2.75) is 51.6 Å². The summed E-state index contributed by atoms with van der Waals surface area (Å²) in [5.74, 6) is 0.113. The fourth-order valence-corrected chi connectivity index (χ4v) is 6.46. The summed E-state index contributed by atoms with van der Waals surface area (Å²) in [6.45, 7) is 7.18. The second-order valence-electron chi connectivity index (χ2n) is 9.51. The van der Waals surface area contributed by atoms with Gasteiger partial charge in [0.2, 0.25) is 0 Å². The molecule has 0 saturated carbocycles. The fourth-order valence-electron chi connectivity index (χ4n) is 5.69. The van der Waals surface area contributed by atoms with Gasteiger partial charge in [0.05, 0.1) is 11.2 Å². The highest BCUT2D eigenvalue weighted by Gasteiger charge is 2.54. The monoisotopic (exact) mass is 476 g/mol. The maximum absolute atomic E-state index is 13.5. The van der Waals surface area contributed by atoms with Gasteiger partial charge < -0.3 is 5.32 Å². The zero-order chi connectivity index (χ0) is 23.7. The van der Waals surface area contributed by atoms with Crippen LogP contribution in [0.25, 0.3) is 10.8 Å². The second-order valence-corrected chi connectivity index (χ2v) is 10.5. The van der Waals surface area contributed by atoms with Crippen molar-refractivity contribution in [1.82, 2.24) is 20.1 Å². The van der Waals surface area contributed by atoms with Gasteiger partial charge in [-0.1, -0.05) is 49.4 Å². The number of likely N-dealkylation sites (tertiary alicyclic amines) is 1. The maximum atomic E-state index is 13.5. The molecule has 2 saturated heterocycles. The minimum atomic E-state index is -0.772. The third-order valence-electron chi connectivity index (χ3n) is 7.73. The standard InChI is InChI=1S/C27H32N4O2S/c1-3-27(25(32)31(26(33)29-27)16-13-24-19(2)28-18-34-24)22-11-14-30(15-12-22)17-21-9-6-8-20-7-4-5-10-23(20)21/h4-10,18,22H,3,11-17H2,1-2H3,(H,29,33)/t27-/m1/s1. The van der Waals surface area contributed by atoms with E-state index in [0.29, 0.717) is 19.4 Å². The zero-order valence-electron chi connectivity index (χ0n) is 19.9. The molecule has 7 heteroatoms. The number of aryl methyl sites for hydroxylation is 1. The Labute approximate surface area is 205 Å². The fraction of sp³-hybridized carbons (Fsp3) is 0.444. The first kappa shape index (κ1) is 23.0. The third-order valence-corrected chi connectivity index (χ3v) is 8.72. The highest BCUT2D eigenvalue weighted by molar-refractivity contribution is 7.09. The first-order valence-corrected chi connectivity index (χ1v) is 13.1. The van der Waals surface area contributed by atoms with E-state index in [9.17, 15) is 9.59 Å². The number of benzene rings is 2. The Morgan fingerprint density at radius 3 is 2.62 bits per heavy atom. The average molecular weight is 477 g/mol. The van der Waals surface area contributed by atoms with E-state index < -0.39 is 5.54 Å². The van der Waals surface area contributed by atoms with Crippen molar-refractivity contribution < 1.29 is 9.59 Å². The van der Waals surface area contributed by atoms with E-state index in [4.69, 9.17) is 0 Å². The number of fused-ring (bicyclic) bond motifs is 1. The molecule has 34 heavy (non-hydrogen) atoms. The summed E-state index contributed by atoms with van der Waals surface area (Å²) in [6.07, 6.45) is 3.11. The van der Waals surface area contributed by atoms with E-state index in [1.807, 2.05) is 19.4 Å². The van der Waals surface area contributed by atoms with Gasteiger partial charge in [-0.15, -0.1) is 11.3 Å². The minimum Gasteiger partial charge on any atom is -0.323 e. The molecule has 178 valence electrons. The normalized spacial score (nSPS) is 22.0. The van der Waals surface area contributed by atoms with Gasteiger partial charge in [0.15, 0.2) is 0 Å². The van der Waals surface area contributed by atoms with Crippen molar-refractivity contribution in [2.75, 3.05) is 19.6 Å². The largest absolute Gasteiger partial charge is 0.325 e. The molecule has 1 N–H and O–H groups in total. The number of aromatic nitrogens is 1. The number of carbonyl (C=O) groups excluding carboxylic acids is 2. The SMILES string of the molecule is CC[C@]1(C2CCN(Cc3cccc4ccccc34)CC2)NC(=O)N(CCc2scnc2C)C1=O. The van der Waals surface area contributed by atoms with E-state index in [2.05, 4.69) is 57.7 Å². The first-order valence-electron chi connectivity index (χ1n) is 12.2. The summed E-state index contributed by atoms with van der Waals surface area (Å²) in [7, 11) is 0. The van der Waals surface area contributed by atoms with Gasteiger partial charge in [0.1, 0.15) is 5.54 Å². The number of nitrogens with zero attached hydrogens (tertiary/aromatic N) is 3. The van der Waals surface area contributed by atoms with Crippen molar-refractivity contribution in [3.8, 4) is 0 Å². The van der Waals surface area contributed by atoms with E-state index in [1.165, 1.54) is 21.2 Å². The van der Waals surface area contributed by atoms with E-state index in [0.717, 1.165) is 43.0 Å².